The van der Waals surface area contributed by atoms with Crippen LogP contribution in [0.2, 0.25) is 0 Å². The summed E-state index contributed by atoms with van der Waals surface area (Å²) in [4.78, 5) is 0. The molecule has 0 fully saturated rings. The molecule has 1 aromatic rings. The molecular weight excluding hydrogens is 158 g/mol. The summed E-state index contributed by atoms with van der Waals surface area (Å²) in [7, 11) is 0. The van der Waals surface area contributed by atoms with Gasteiger partial charge in [0.05, 0.1) is 6.10 Å². The number of thiophene rings is 1. The van der Waals surface area contributed by atoms with Crippen LogP contribution in [0.3, 0.4) is 0 Å². The van der Waals surface area contributed by atoms with E-state index < -0.39 is 11.6 Å². The van der Waals surface area contributed by atoms with Crippen LogP contribution in [-0.2, 0) is 0 Å². The van der Waals surface area contributed by atoms with Crippen LogP contribution in [0.25, 0.3) is 0 Å². The Labute approximate surface area is 70.7 Å². The third-order valence-corrected chi connectivity index (χ3v) is 2.27. The van der Waals surface area contributed by atoms with E-state index in [4.69, 9.17) is 5.73 Å². The van der Waals surface area contributed by atoms with Crippen molar-refractivity contribution in [3.8, 4) is 0 Å². The van der Waals surface area contributed by atoms with Gasteiger partial charge in [0, 0.05) is 5.54 Å². The molecule has 1 rings (SSSR count). The molecule has 3 N–H and O–H groups in total. The van der Waals surface area contributed by atoms with Gasteiger partial charge in [0.1, 0.15) is 0 Å². The molecule has 0 aliphatic heterocycles. The minimum absolute atomic E-state index is 0.554. The number of hydrogen-bond donors (Lipinski definition) is 2. The lowest BCUT2D eigenvalue weighted by Gasteiger charge is -2.24. The smallest absolute Gasteiger partial charge is 0.0971 e. The summed E-state index contributed by atoms with van der Waals surface area (Å²) in [5, 5.41) is 13.5. The average Bonchev–Trinajstić information content (AvgIpc) is 2.34. The van der Waals surface area contributed by atoms with Gasteiger partial charge in [0.25, 0.3) is 0 Å². The zero-order valence-corrected chi connectivity index (χ0v) is 7.56. The Morgan fingerprint density at radius 2 is 2.27 bits per heavy atom. The molecule has 0 saturated carbocycles. The van der Waals surface area contributed by atoms with Crippen molar-refractivity contribution in [2.45, 2.75) is 25.5 Å². The monoisotopic (exact) mass is 171 g/mol. The molecule has 62 valence electrons. The van der Waals surface area contributed by atoms with Crippen LogP contribution in [0.5, 0.6) is 0 Å². The number of aliphatic hydroxyl groups is 1. The standard InChI is InChI=1S/C8H13NOS/c1-8(2,9)7(10)6-3-4-11-5-6/h3-5,7,10H,9H2,1-2H3. The van der Waals surface area contributed by atoms with Crippen LogP contribution in [0, 0.1) is 0 Å². The van der Waals surface area contributed by atoms with E-state index in [1.165, 1.54) is 0 Å². The molecule has 0 aliphatic carbocycles. The van der Waals surface area contributed by atoms with Gasteiger partial charge in [-0.25, -0.2) is 0 Å². The maximum absolute atomic E-state index is 9.63. The minimum Gasteiger partial charge on any atom is -0.386 e. The van der Waals surface area contributed by atoms with Crippen molar-refractivity contribution in [2.24, 2.45) is 5.73 Å². The molecule has 2 nitrogen and oxygen atoms in total. The molecule has 0 aromatic carbocycles. The van der Waals surface area contributed by atoms with Crippen LogP contribution in [0.1, 0.15) is 25.5 Å². The summed E-state index contributed by atoms with van der Waals surface area (Å²) < 4.78 is 0. The summed E-state index contributed by atoms with van der Waals surface area (Å²) in [6, 6.07) is 1.89. The van der Waals surface area contributed by atoms with E-state index in [2.05, 4.69) is 0 Å². The van der Waals surface area contributed by atoms with Crippen LogP contribution in [-0.4, -0.2) is 10.6 Å². The molecule has 1 unspecified atom stereocenters. The van der Waals surface area contributed by atoms with E-state index in [0.717, 1.165) is 5.56 Å². The normalized spacial score (nSPS) is 14.9. The Hall–Kier alpha value is -0.380. The average molecular weight is 171 g/mol. The second-order valence-electron chi connectivity index (χ2n) is 3.28. The highest BCUT2D eigenvalue weighted by atomic mass is 32.1. The number of rotatable bonds is 2. The first-order valence-corrected chi connectivity index (χ1v) is 4.45. The van der Waals surface area contributed by atoms with Gasteiger partial charge >= 0.3 is 0 Å². The molecule has 0 amide bonds. The summed E-state index contributed by atoms with van der Waals surface area (Å²) in [5.74, 6) is 0. The fourth-order valence-corrected chi connectivity index (χ4v) is 1.54. The SMILES string of the molecule is CC(C)(N)C(O)c1ccsc1. The molecule has 3 heteroatoms. The van der Waals surface area contributed by atoms with Crippen LogP contribution >= 0.6 is 11.3 Å². The number of nitrogens with two attached hydrogens (primary N) is 1. The second-order valence-corrected chi connectivity index (χ2v) is 4.06. The highest BCUT2D eigenvalue weighted by Crippen LogP contribution is 2.24. The van der Waals surface area contributed by atoms with E-state index in [0.29, 0.717) is 0 Å². The lowest BCUT2D eigenvalue weighted by Crippen LogP contribution is -2.38. The first-order chi connectivity index (χ1) is 5.02. The largest absolute Gasteiger partial charge is 0.386 e. The summed E-state index contributed by atoms with van der Waals surface area (Å²) in [6.07, 6.45) is -0.561. The lowest BCUT2D eigenvalue weighted by atomic mass is 9.94. The Morgan fingerprint density at radius 1 is 1.64 bits per heavy atom. The van der Waals surface area contributed by atoms with Gasteiger partial charge in [0.2, 0.25) is 0 Å². The zero-order valence-electron chi connectivity index (χ0n) is 6.74. The predicted octanol–water partition coefficient (Wildman–Crippen LogP) is 1.52. The highest BCUT2D eigenvalue weighted by molar-refractivity contribution is 7.07. The Kier molecular flexibility index (Phi) is 2.32. The van der Waals surface area contributed by atoms with Crippen LogP contribution in [0.4, 0.5) is 0 Å². The Balaban J connectivity index is 2.78. The predicted molar refractivity (Wildman–Crippen MR) is 47.5 cm³/mol. The third kappa shape index (κ3) is 2.02. The van der Waals surface area contributed by atoms with Gasteiger partial charge in [-0.05, 0) is 36.2 Å². The fraction of sp³-hybridized carbons (Fsp3) is 0.500. The molecule has 0 radical (unpaired) electrons. The Morgan fingerprint density at radius 3 is 2.64 bits per heavy atom. The molecule has 11 heavy (non-hydrogen) atoms. The third-order valence-electron chi connectivity index (χ3n) is 1.56. The van der Waals surface area contributed by atoms with Gasteiger partial charge < -0.3 is 10.8 Å². The van der Waals surface area contributed by atoms with E-state index in [9.17, 15) is 5.11 Å². The number of hydrogen-bond acceptors (Lipinski definition) is 3. The van der Waals surface area contributed by atoms with Crippen molar-refractivity contribution in [3.05, 3.63) is 22.4 Å². The first-order valence-electron chi connectivity index (χ1n) is 3.51. The van der Waals surface area contributed by atoms with Gasteiger partial charge in [-0.15, -0.1) is 0 Å². The second kappa shape index (κ2) is 2.93. The van der Waals surface area contributed by atoms with Crippen molar-refractivity contribution < 1.29 is 5.11 Å². The maximum atomic E-state index is 9.63. The molecule has 0 aliphatic rings. The maximum Gasteiger partial charge on any atom is 0.0971 e. The van der Waals surface area contributed by atoms with E-state index in [1.807, 2.05) is 30.7 Å². The molecule has 1 atom stereocenters. The molecule has 0 bridgehead atoms. The minimum atomic E-state index is -0.561. The molecular formula is C8H13NOS. The van der Waals surface area contributed by atoms with Crippen molar-refractivity contribution in [3.63, 3.8) is 0 Å². The molecule has 0 saturated heterocycles. The van der Waals surface area contributed by atoms with Crippen LogP contribution in [0.15, 0.2) is 16.8 Å². The van der Waals surface area contributed by atoms with Gasteiger partial charge in [-0.3, -0.25) is 0 Å². The molecule has 0 spiro atoms. The van der Waals surface area contributed by atoms with Crippen molar-refractivity contribution in [2.75, 3.05) is 0 Å². The fourth-order valence-electron chi connectivity index (χ4n) is 0.860. The van der Waals surface area contributed by atoms with Crippen molar-refractivity contribution >= 4 is 11.3 Å². The van der Waals surface area contributed by atoms with Gasteiger partial charge in [-0.1, -0.05) is 0 Å². The van der Waals surface area contributed by atoms with Crippen molar-refractivity contribution in [1.29, 1.82) is 0 Å². The molecule has 1 heterocycles. The first kappa shape index (κ1) is 8.71. The van der Waals surface area contributed by atoms with E-state index in [1.54, 1.807) is 11.3 Å². The van der Waals surface area contributed by atoms with E-state index >= 15 is 0 Å². The highest BCUT2D eigenvalue weighted by Gasteiger charge is 2.24. The van der Waals surface area contributed by atoms with Gasteiger partial charge in [-0.2, -0.15) is 11.3 Å². The lowest BCUT2D eigenvalue weighted by molar-refractivity contribution is 0.105. The summed E-state index contributed by atoms with van der Waals surface area (Å²) >= 11 is 1.57. The Bertz CT molecular complexity index is 212. The van der Waals surface area contributed by atoms with Crippen molar-refractivity contribution in [1.82, 2.24) is 0 Å². The summed E-state index contributed by atoms with van der Waals surface area (Å²) in [6.45, 7) is 3.63. The molecule has 1 aromatic heterocycles. The van der Waals surface area contributed by atoms with Gasteiger partial charge in [0.15, 0.2) is 0 Å². The number of aliphatic hydroxyl groups excluding tert-OH is 1. The van der Waals surface area contributed by atoms with E-state index in [-0.39, 0.29) is 0 Å². The topological polar surface area (TPSA) is 46.2 Å². The zero-order chi connectivity index (χ0) is 8.48. The summed E-state index contributed by atoms with van der Waals surface area (Å²) in [5.41, 5.74) is 6.08. The van der Waals surface area contributed by atoms with Crippen LogP contribution < -0.4 is 5.73 Å². The quantitative estimate of drug-likeness (QED) is 0.708.